The Balaban J connectivity index is 2.11. The molecule has 1 aromatic carbocycles. The fraction of sp³-hybridized carbons (Fsp3) is 0.611. The van der Waals surface area contributed by atoms with Crippen molar-refractivity contribution >= 4 is 5.91 Å². The Morgan fingerprint density at radius 3 is 2.76 bits per heavy atom. The zero-order chi connectivity index (χ0) is 15.3. The molecule has 116 valence electrons. The molecule has 1 fully saturated rings. The van der Waals surface area contributed by atoms with Crippen LogP contribution in [0.4, 0.5) is 0 Å². The molecule has 0 saturated carbocycles. The van der Waals surface area contributed by atoms with E-state index in [0.717, 1.165) is 38.8 Å². The van der Waals surface area contributed by atoms with Gasteiger partial charge in [-0.3, -0.25) is 4.79 Å². The number of aryl methyl sites for hydroxylation is 1. The Morgan fingerprint density at radius 1 is 1.38 bits per heavy atom. The van der Waals surface area contributed by atoms with Gasteiger partial charge in [0, 0.05) is 20.1 Å². The number of nitrogens with one attached hydrogen (secondary N) is 1. The molecule has 1 aliphatic rings. The molecule has 0 spiro atoms. The maximum absolute atomic E-state index is 13.0. The average molecular weight is 288 g/mol. The molecule has 0 aromatic heterocycles. The molecule has 1 heterocycles. The van der Waals surface area contributed by atoms with Crippen LogP contribution in [0.2, 0.25) is 0 Å². The van der Waals surface area contributed by atoms with Crippen molar-refractivity contribution in [2.45, 2.75) is 46.1 Å². The number of carbonyl (C=O) groups excluding carboxylic acids is 1. The Bertz CT molecular complexity index is 472. The normalized spacial score (nSPS) is 22.0. The molecule has 0 aliphatic carbocycles. The van der Waals surface area contributed by atoms with Crippen molar-refractivity contribution in [2.75, 3.05) is 20.1 Å². The highest BCUT2D eigenvalue weighted by Gasteiger charge is 2.40. The van der Waals surface area contributed by atoms with E-state index < -0.39 is 0 Å². The SMILES string of the molecule is CCCC1(C(=O)N(C)Cc2ccccc2C)CCCNC1. The van der Waals surface area contributed by atoms with Crippen LogP contribution in [0.25, 0.3) is 0 Å². The van der Waals surface area contributed by atoms with Gasteiger partial charge in [0.1, 0.15) is 0 Å². The van der Waals surface area contributed by atoms with Crippen LogP contribution in [0.1, 0.15) is 43.7 Å². The van der Waals surface area contributed by atoms with Crippen LogP contribution in [0.15, 0.2) is 24.3 Å². The van der Waals surface area contributed by atoms with Gasteiger partial charge in [0.05, 0.1) is 5.41 Å². The monoisotopic (exact) mass is 288 g/mol. The molecule has 21 heavy (non-hydrogen) atoms. The third-order valence-corrected chi connectivity index (χ3v) is 4.67. The number of benzene rings is 1. The van der Waals surface area contributed by atoms with E-state index in [2.05, 4.69) is 31.3 Å². The Hall–Kier alpha value is -1.35. The molecule has 1 saturated heterocycles. The van der Waals surface area contributed by atoms with Gasteiger partial charge in [0.15, 0.2) is 0 Å². The van der Waals surface area contributed by atoms with Gasteiger partial charge < -0.3 is 10.2 Å². The van der Waals surface area contributed by atoms with Crippen LogP contribution in [0.3, 0.4) is 0 Å². The van der Waals surface area contributed by atoms with Crippen LogP contribution < -0.4 is 5.32 Å². The maximum atomic E-state index is 13.0. The van der Waals surface area contributed by atoms with E-state index in [0.29, 0.717) is 12.5 Å². The first-order chi connectivity index (χ1) is 10.1. The van der Waals surface area contributed by atoms with Crippen molar-refractivity contribution in [2.24, 2.45) is 5.41 Å². The summed E-state index contributed by atoms with van der Waals surface area (Å²) in [5.41, 5.74) is 2.30. The van der Waals surface area contributed by atoms with Crippen molar-refractivity contribution in [1.82, 2.24) is 10.2 Å². The standard InChI is InChI=1S/C18H28N2O/c1-4-10-18(11-7-12-19-14-18)17(21)20(3)13-16-9-6-5-8-15(16)2/h5-6,8-9,19H,4,7,10-14H2,1-3H3. The second kappa shape index (κ2) is 7.08. The number of rotatable bonds is 5. The summed E-state index contributed by atoms with van der Waals surface area (Å²) < 4.78 is 0. The van der Waals surface area contributed by atoms with Gasteiger partial charge in [-0.05, 0) is 43.9 Å². The van der Waals surface area contributed by atoms with Gasteiger partial charge in [-0.15, -0.1) is 0 Å². The summed E-state index contributed by atoms with van der Waals surface area (Å²) in [6.45, 7) is 6.86. The van der Waals surface area contributed by atoms with E-state index in [-0.39, 0.29) is 5.41 Å². The van der Waals surface area contributed by atoms with E-state index in [4.69, 9.17) is 0 Å². The minimum absolute atomic E-state index is 0.190. The summed E-state index contributed by atoms with van der Waals surface area (Å²) in [7, 11) is 1.95. The average Bonchev–Trinajstić information content (AvgIpc) is 2.50. The van der Waals surface area contributed by atoms with Crippen molar-refractivity contribution in [3.05, 3.63) is 35.4 Å². The Labute approximate surface area is 128 Å². The molecule has 2 rings (SSSR count). The summed E-state index contributed by atoms with van der Waals surface area (Å²) in [4.78, 5) is 14.9. The van der Waals surface area contributed by atoms with E-state index in [9.17, 15) is 4.79 Å². The lowest BCUT2D eigenvalue weighted by atomic mass is 9.75. The lowest BCUT2D eigenvalue weighted by molar-refractivity contribution is -0.143. The van der Waals surface area contributed by atoms with Gasteiger partial charge in [-0.2, -0.15) is 0 Å². The zero-order valence-corrected chi connectivity index (χ0v) is 13.6. The molecule has 1 aromatic rings. The first-order valence-electron chi connectivity index (χ1n) is 8.10. The highest BCUT2D eigenvalue weighted by Crippen LogP contribution is 2.34. The molecule has 0 bridgehead atoms. The predicted octanol–water partition coefficient (Wildman–Crippen LogP) is 3.12. The highest BCUT2D eigenvalue weighted by molar-refractivity contribution is 5.83. The third-order valence-electron chi connectivity index (χ3n) is 4.67. The fourth-order valence-corrected chi connectivity index (χ4v) is 3.47. The molecule has 1 aliphatic heterocycles. The van der Waals surface area contributed by atoms with Crippen molar-refractivity contribution in [3.63, 3.8) is 0 Å². The van der Waals surface area contributed by atoms with E-state index in [1.165, 1.54) is 11.1 Å². The minimum atomic E-state index is -0.190. The number of nitrogens with zero attached hydrogens (tertiary/aromatic N) is 1. The second-order valence-corrected chi connectivity index (χ2v) is 6.40. The van der Waals surface area contributed by atoms with Gasteiger partial charge in [-0.1, -0.05) is 37.6 Å². The molecule has 3 nitrogen and oxygen atoms in total. The largest absolute Gasteiger partial charge is 0.341 e. The summed E-state index contributed by atoms with van der Waals surface area (Å²) in [6.07, 6.45) is 4.16. The minimum Gasteiger partial charge on any atom is -0.341 e. The fourth-order valence-electron chi connectivity index (χ4n) is 3.47. The maximum Gasteiger partial charge on any atom is 0.230 e. The number of piperidine rings is 1. The molecular formula is C18H28N2O. The molecule has 0 radical (unpaired) electrons. The van der Waals surface area contributed by atoms with E-state index >= 15 is 0 Å². The first kappa shape index (κ1) is 16.0. The van der Waals surface area contributed by atoms with Gasteiger partial charge in [-0.25, -0.2) is 0 Å². The van der Waals surface area contributed by atoms with Crippen molar-refractivity contribution in [3.8, 4) is 0 Å². The second-order valence-electron chi connectivity index (χ2n) is 6.40. The Kier molecular flexibility index (Phi) is 5.40. The Morgan fingerprint density at radius 2 is 2.14 bits per heavy atom. The van der Waals surface area contributed by atoms with Crippen molar-refractivity contribution < 1.29 is 4.79 Å². The van der Waals surface area contributed by atoms with Gasteiger partial charge in [0.2, 0.25) is 5.91 Å². The quantitative estimate of drug-likeness (QED) is 0.903. The summed E-state index contributed by atoms with van der Waals surface area (Å²) >= 11 is 0. The summed E-state index contributed by atoms with van der Waals surface area (Å²) in [5.74, 6) is 0.305. The van der Waals surface area contributed by atoms with E-state index in [1.807, 2.05) is 24.1 Å². The van der Waals surface area contributed by atoms with Crippen LogP contribution in [0.5, 0.6) is 0 Å². The zero-order valence-electron chi connectivity index (χ0n) is 13.6. The molecular weight excluding hydrogens is 260 g/mol. The van der Waals surface area contributed by atoms with Gasteiger partial charge >= 0.3 is 0 Å². The predicted molar refractivity (Wildman–Crippen MR) is 87.1 cm³/mol. The van der Waals surface area contributed by atoms with E-state index in [1.54, 1.807) is 0 Å². The lowest BCUT2D eigenvalue weighted by Gasteiger charge is -2.39. The van der Waals surface area contributed by atoms with Crippen LogP contribution in [0, 0.1) is 12.3 Å². The van der Waals surface area contributed by atoms with Gasteiger partial charge in [0.25, 0.3) is 0 Å². The number of hydrogen-bond acceptors (Lipinski definition) is 2. The number of amides is 1. The summed E-state index contributed by atoms with van der Waals surface area (Å²) in [5, 5.41) is 3.42. The highest BCUT2D eigenvalue weighted by atomic mass is 16.2. The molecule has 1 atom stereocenters. The van der Waals surface area contributed by atoms with Crippen LogP contribution in [-0.2, 0) is 11.3 Å². The molecule has 3 heteroatoms. The lowest BCUT2D eigenvalue weighted by Crippen LogP contribution is -2.50. The van der Waals surface area contributed by atoms with Crippen LogP contribution in [-0.4, -0.2) is 30.9 Å². The topological polar surface area (TPSA) is 32.3 Å². The third kappa shape index (κ3) is 3.65. The number of hydrogen-bond donors (Lipinski definition) is 1. The smallest absolute Gasteiger partial charge is 0.230 e. The molecule has 1 N–H and O–H groups in total. The first-order valence-corrected chi connectivity index (χ1v) is 8.10. The molecule has 1 amide bonds. The molecule has 1 unspecified atom stereocenters. The summed E-state index contributed by atoms with van der Waals surface area (Å²) in [6, 6.07) is 8.32. The van der Waals surface area contributed by atoms with Crippen LogP contribution >= 0.6 is 0 Å². The van der Waals surface area contributed by atoms with Crippen molar-refractivity contribution in [1.29, 1.82) is 0 Å². The number of carbonyl (C=O) groups is 1.